The zero-order valence-corrected chi connectivity index (χ0v) is 36.2. The lowest BCUT2D eigenvalue weighted by Crippen LogP contribution is -2.49. The van der Waals surface area contributed by atoms with Crippen molar-refractivity contribution in [3.63, 3.8) is 0 Å². The van der Waals surface area contributed by atoms with Gasteiger partial charge in [0.1, 0.15) is 11.5 Å². The van der Waals surface area contributed by atoms with Crippen LogP contribution in [-0.2, 0) is 0 Å². The fraction of sp³-hybridized carbons (Fsp3) is 0.571. The van der Waals surface area contributed by atoms with E-state index in [9.17, 15) is 0 Å². The third-order valence-electron chi connectivity index (χ3n) is 13.6. The van der Waals surface area contributed by atoms with E-state index >= 15 is 4.79 Å². The van der Waals surface area contributed by atoms with E-state index < -0.39 is 0 Å². The number of carbonyl (C=O) groups is 1. The van der Waals surface area contributed by atoms with Crippen LogP contribution in [0, 0.1) is 11.8 Å². The smallest absolute Gasteiger partial charge is 0.197 e. The molecule has 4 aromatic rings. The van der Waals surface area contributed by atoms with Gasteiger partial charge in [-0.05, 0) is 140 Å². The maximum absolute atomic E-state index is 15.4. The first-order valence-corrected chi connectivity index (χ1v) is 22.4. The number of fused-ring (bicyclic) bond motifs is 2. The number of ether oxygens (including phenoxy) is 2. The van der Waals surface area contributed by atoms with Crippen LogP contribution in [0.25, 0.3) is 21.5 Å². The van der Waals surface area contributed by atoms with Gasteiger partial charge in [0.25, 0.3) is 0 Å². The number of likely N-dealkylation sites (tertiary alicyclic amines) is 2. The highest BCUT2D eigenvalue weighted by atomic mass is 16.5. The van der Waals surface area contributed by atoms with Gasteiger partial charge in [0.2, 0.25) is 0 Å². The Bertz CT molecular complexity index is 1890. The summed E-state index contributed by atoms with van der Waals surface area (Å²) in [5, 5.41) is 4.47. The number of carbonyl (C=O) groups excluding carboxylic acids is 1. The van der Waals surface area contributed by atoms with Crippen LogP contribution in [0.5, 0.6) is 11.5 Å². The van der Waals surface area contributed by atoms with Crippen LogP contribution >= 0.6 is 0 Å². The Labute approximate surface area is 347 Å². The number of nitrogens with zero attached hydrogens (tertiary/aromatic N) is 6. The summed E-state index contributed by atoms with van der Waals surface area (Å²) in [5.74, 6) is 3.00. The number of hydrogen-bond acceptors (Lipinski definition) is 9. The lowest BCUT2D eigenvalue weighted by molar-refractivity contribution is 0.103. The Hall–Kier alpha value is -3.89. The van der Waals surface area contributed by atoms with E-state index in [-0.39, 0.29) is 5.78 Å². The molecular weight excluding hydrogens is 721 g/mol. The second-order valence-corrected chi connectivity index (χ2v) is 18.4. The van der Waals surface area contributed by atoms with Gasteiger partial charge >= 0.3 is 0 Å². The van der Waals surface area contributed by atoms with Crippen LogP contribution in [0.4, 0.5) is 11.4 Å². The fourth-order valence-corrected chi connectivity index (χ4v) is 10.1. The average molecular weight is 789 g/mol. The van der Waals surface area contributed by atoms with Gasteiger partial charge in [-0.1, -0.05) is 12.1 Å². The molecule has 0 radical (unpaired) electrons. The average Bonchev–Trinajstić information content (AvgIpc) is 3.24. The number of piperidine rings is 2. The van der Waals surface area contributed by atoms with Crippen molar-refractivity contribution in [1.29, 1.82) is 0 Å². The van der Waals surface area contributed by atoms with Crippen LogP contribution in [0.15, 0.2) is 60.7 Å². The molecule has 4 saturated heterocycles. The number of ketones is 1. The highest BCUT2D eigenvalue weighted by Gasteiger charge is 2.30. The summed E-state index contributed by atoms with van der Waals surface area (Å²) in [6, 6.07) is 22.5. The maximum Gasteiger partial charge on any atom is 0.197 e. The van der Waals surface area contributed by atoms with Gasteiger partial charge in [0.15, 0.2) is 5.78 Å². The van der Waals surface area contributed by atoms with Crippen LogP contribution in [0.1, 0.15) is 69.3 Å². The molecule has 0 N–H and O–H groups in total. The van der Waals surface area contributed by atoms with Crippen LogP contribution in [0.2, 0.25) is 0 Å². The number of rotatable bonds is 12. The highest BCUT2D eigenvalue weighted by Crippen LogP contribution is 2.40. The highest BCUT2D eigenvalue weighted by molar-refractivity contribution is 6.21. The Balaban J connectivity index is 1.15. The fourth-order valence-electron chi connectivity index (χ4n) is 10.1. The predicted molar refractivity (Wildman–Crippen MR) is 241 cm³/mol. The van der Waals surface area contributed by atoms with E-state index in [1.165, 1.54) is 38.8 Å². The molecule has 0 aliphatic carbocycles. The largest absolute Gasteiger partial charge is 0.493 e. The summed E-state index contributed by atoms with van der Waals surface area (Å²) >= 11 is 0. The third kappa shape index (κ3) is 9.13. The Kier molecular flexibility index (Phi) is 12.8. The quantitative estimate of drug-likeness (QED) is 0.134. The van der Waals surface area contributed by atoms with Crippen molar-refractivity contribution in [2.75, 3.05) is 116 Å². The molecule has 0 bridgehead atoms. The molecule has 8 rings (SSSR count). The number of piperazine rings is 2. The van der Waals surface area contributed by atoms with Crippen LogP contribution in [0.3, 0.4) is 0 Å². The summed E-state index contributed by atoms with van der Waals surface area (Å²) in [4.78, 5) is 30.3. The lowest BCUT2D eigenvalue weighted by atomic mass is 9.92. The second-order valence-electron chi connectivity index (χ2n) is 18.4. The number of hydrogen-bond donors (Lipinski definition) is 0. The number of anilines is 2. The molecule has 0 spiro atoms. The Morgan fingerprint density at radius 1 is 0.569 bits per heavy atom. The van der Waals surface area contributed by atoms with E-state index in [0.29, 0.717) is 23.9 Å². The van der Waals surface area contributed by atoms with Crippen molar-refractivity contribution in [3.8, 4) is 11.5 Å². The monoisotopic (exact) mass is 789 g/mol. The van der Waals surface area contributed by atoms with Crippen molar-refractivity contribution in [3.05, 3.63) is 71.8 Å². The topological polar surface area (TPSA) is 55.0 Å². The van der Waals surface area contributed by atoms with Gasteiger partial charge in [0, 0.05) is 111 Å². The zero-order valence-electron chi connectivity index (χ0n) is 36.2. The minimum atomic E-state index is 0.0925. The summed E-state index contributed by atoms with van der Waals surface area (Å²) in [6.45, 7) is 22.5. The molecular formula is C49H68N6O3. The Morgan fingerprint density at radius 2 is 0.983 bits per heavy atom. The zero-order chi connectivity index (χ0) is 40.3. The summed E-state index contributed by atoms with van der Waals surface area (Å²) in [5.41, 5.74) is 3.67. The lowest BCUT2D eigenvalue weighted by Gasteiger charge is -2.40. The van der Waals surface area contributed by atoms with Crippen LogP contribution in [-0.4, -0.2) is 143 Å². The second kappa shape index (κ2) is 18.2. The molecule has 58 heavy (non-hydrogen) atoms. The van der Waals surface area contributed by atoms with E-state index in [4.69, 9.17) is 9.47 Å². The molecule has 2 unspecified atom stereocenters. The first-order chi connectivity index (χ1) is 28.1. The van der Waals surface area contributed by atoms with E-state index in [1.807, 2.05) is 0 Å². The molecule has 312 valence electrons. The summed E-state index contributed by atoms with van der Waals surface area (Å²) in [6.07, 6.45) is 4.89. The van der Waals surface area contributed by atoms with Crippen molar-refractivity contribution in [2.45, 2.75) is 65.5 Å². The third-order valence-corrected chi connectivity index (χ3v) is 13.6. The molecule has 0 saturated carbocycles. The minimum Gasteiger partial charge on any atom is -0.493 e. The van der Waals surface area contributed by atoms with Gasteiger partial charge in [-0.25, -0.2) is 0 Å². The van der Waals surface area contributed by atoms with Gasteiger partial charge in [-0.15, -0.1) is 0 Å². The molecule has 9 heteroatoms. The standard InChI is InChI=1S/C49H68N6O3/c1-35(2)52-21-25-54(26-22-52)47-43-17-13-41(57-33-37-9-7-19-50(5)31-37)29-39(43)11-15-45(47)49(56)46-16-12-40-30-42(58-34-38-10-8-20-51(6)32-38)14-18-44(40)48(46)55-27-23-53(24-28-55)36(3)4/h11-18,29-30,35-38H,7-10,19-28,31-34H2,1-6H3. The SMILES string of the molecule is CC(C)N1CCN(c2c(C(=O)c3ccc4cc(OCC5CCCN(C)C5)ccc4c3N3CCN(C(C)C)CC3)ccc3cc(OCC4CCCN(C)C4)ccc23)CC1. The molecule has 2 atom stereocenters. The number of benzene rings is 4. The first kappa shape index (κ1) is 40.9. The van der Waals surface area contributed by atoms with Gasteiger partial charge in [-0.2, -0.15) is 0 Å². The molecule has 0 amide bonds. The molecule has 4 heterocycles. The maximum atomic E-state index is 15.4. The van der Waals surface area contributed by atoms with E-state index in [0.717, 1.165) is 134 Å². The van der Waals surface area contributed by atoms with Crippen molar-refractivity contribution < 1.29 is 14.3 Å². The normalized spacial score (nSPS) is 22.1. The van der Waals surface area contributed by atoms with E-state index in [2.05, 4.69) is 132 Å². The molecule has 0 aromatic heterocycles. The Morgan fingerprint density at radius 3 is 1.36 bits per heavy atom. The van der Waals surface area contributed by atoms with E-state index in [1.54, 1.807) is 0 Å². The molecule has 4 aliphatic rings. The van der Waals surface area contributed by atoms with Crippen LogP contribution < -0.4 is 19.3 Å². The van der Waals surface area contributed by atoms with Crippen molar-refractivity contribution in [2.24, 2.45) is 11.8 Å². The predicted octanol–water partition coefficient (Wildman–Crippen LogP) is 7.73. The van der Waals surface area contributed by atoms with Gasteiger partial charge < -0.3 is 29.1 Å². The molecule has 4 aromatic carbocycles. The molecule has 4 fully saturated rings. The molecule has 4 aliphatic heterocycles. The molecule has 9 nitrogen and oxygen atoms in total. The van der Waals surface area contributed by atoms with Gasteiger partial charge in [0.05, 0.1) is 24.6 Å². The minimum absolute atomic E-state index is 0.0925. The van der Waals surface area contributed by atoms with Crippen molar-refractivity contribution in [1.82, 2.24) is 19.6 Å². The first-order valence-electron chi connectivity index (χ1n) is 22.4. The van der Waals surface area contributed by atoms with Gasteiger partial charge in [-0.3, -0.25) is 14.6 Å². The summed E-state index contributed by atoms with van der Waals surface area (Å²) in [7, 11) is 4.42. The van der Waals surface area contributed by atoms with Crippen molar-refractivity contribution >= 4 is 38.7 Å². The summed E-state index contributed by atoms with van der Waals surface area (Å²) < 4.78 is 12.9.